The molecule has 114 valence electrons. The van der Waals surface area contributed by atoms with E-state index in [1.54, 1.807) is 6.20 Å². The zero-order valence-corrected chi connectivity index (χ0v) is 13.0. The second-order valence-corrected chi connectivity index (χ2v) is 7.15. The van der Waals surface area contributed by atoms with Gasteiger partial charge in [0, 0.05) is 18.2 Å². The zero-order valence-electron chi connectivity index (χ0n) is 12.1. The Hall–Kier alpha value is -0.920. The van der Waals surface area contributed by atoms with Crippen LogP contribution in [-0.2, 0) is 16.6 Å². The Kier molecular flexibility index (Phi) is 5.17. The lowest BCUT2D eigenvalue weighted by atomic mass is 9.87. The van der Waals surface area contributed by atoms with Crippen molar-refractivity contribution in [1.82, 2.24) is 20.2 Å². The topological polar surface area (TPSA) is 86.9 Å². The SMILES string of the molecule is CCNCc1cn[nH]c1S(=O)(=O)NC1CCCCC1C. The van der Waals surface area contributed by atoms with Crippen LogP contribution in [0.15, 0.2) is 11.2 Å². The molecule has 1 aliphatic carbocycles. The molecule has 0 radical (unpaired) electrons. The number of nitrogens with one attached hydrogen (secondary N) is 3. The largest absolute Gasteiger partial charge is 0.313 e. The number of hydrogen-bond donors (Lipinski definition) is 3. The van der Waals surface area contributed by atoms with Crippen molar-refractivity contribution in [2.24, 2.45) is 5.92 Å². The van der Waals surface area contributed by atoms with Gasteiger partial charge in [0.15, 0.2) is 5.03 Å². The van der Waals surface area contributed by atoms with Crippen molar-refractivity contribution in [3.8, 4) is 0 Å². The van der Waals surface area contributed by atoms with Gasteiger partial charge >= 0.3 is 0 Å². The van der Waals surface area contributed by atoms with Crippen LogP contribution in [0, 0.1) is 5.92 Å². The van der Waals surface area contributed by atoms with Gasteiger partial charge in [-0.15, -0.1) is 0 Å². The fourth-order valence-corrected chi connectivity index (χ4v) is 4.18. The van der Waals surface area contributed by atoms with Gasteiger partial charge in [0.2, 0.25) is 0 Å². The minimum atomic E-state index is -3.52. The Morgan fingerprint density at radius 2 is 2.15 bits per heavy atom. The molecule has 0 saturated heterocycles. The van der Waals surface area contributed by atoms with Gasteiger partial charge in [0.1, 0.15) is 0 Å². The van der Waals surface area contributed by atoms with Crippen LogP contribution in [0.5, 0.6) is 0 Å². The van der Waals surface area contributed by atoms with Gasteiger partial charge in [0.05, 0.1) is 6.20 Å². The summed E-state index contributed by atoms with van der Waals surface area (Å²) in [7, 11) is -3.52. The monoisotopic (exact) mass is 300 g/mol. The lowest BCUT2D eigenvalue weighted by Crippen LogP contribution is -2.41. The van der Waals surface area contributed by atoms with E-state index in [9.17, 15) is 8.42 Å². The Labute approximate surface area is 120 Å². The second-order valence-electron chi connectivity index (χ2n) is 5.49. The summed E-state index contributed by atoms with van der Waals surface area (Å²) >= 11 is 0. The smallest absolute Gasteiger partial charge is 0.258 e. The number of sulfonamides is 1. The van der Waals surface area contributed by atoms with E-state index in [1.165, 1.54) is 6.42 Å². The fourth-order valence-electron chi connectivity index (χ4n) is 2.67. The summed E-state index contributed by atoms with van der Waals surface area (Å²) in [6.45, 7) is 5.39. The minimum absolute atomic E-state index is 0.0315. The predicted octanol–water partition coefficient (Wildman–Crippen LogP) is 1.38. The first-order chi connectivity index (χ1) is 9.54. The van der Waals surface area contributed by atoms with Crippen LogP contribution in [0.2, 0.25) is 0 Å². The summed E-state index contributed by atoms with van der Waals surface area (Å²) in [4.78, 5) is 0. The number of aromatic nitrogens is 2. The third kappa shape index (κ3) is 3.59. The highest BCUT2D eigenvalue weighted by molar-refractivity contribution is 7.89. The molecular weight excluding hydrogens is 276 g/mol. The lowest BCUT2D eigenvalue weighted by Gasteiger charge is -2.29. The van der Waals surface area contributed by atoms with E-state index in [0.717, 1.165) is 25.8 Å². The lowest BCUT2D eigenvalue weighted by molar-refractivity contribution is 0.310. The molecule has 2 unspecified atom stereocenters. The van der Waals surface area contributed by atoms with E-state index in [4.69, 9.17) is 0 Å². The Balaban J connectivity index is 2.11. The predicted molar refractivity (Wildman–Crippen MR) is 77.7 cm³/mol. The highest BCUT2D eigenvalue weighted by atomic mass is 32.2. The third-order valence-corrected chi connectivity index (χ3v) is 5.43. The number of aromatic amines is 1. The number of nitrogens with zero attached hydrogens (tertiary/aromatic N) is 1. The van der Waals surface area contributed by atoms with E-state index >= 15 is 0 Å². The molecule has 20 heavy (non-hydrogen) atoms. The van der Waals surface area contributed by atoms with Gasteiger partial charge in [-0.05, 0) is 25.3 Å². The first-order valence-corrected chi connectivity index (χ1v) is 8.78. The first kappa shape index (κ1) is 15.5. The van der Waals surface area contributed by atoms with Crippen LogP contribution in [-0.4, -0.2) is 31.2 Å². The first-order valence-electron chi connectivity index (χ1n) is 7.30. The van der Waals surface area contributed by atoms with E-state index in [-0.39, 0.29) is 11.1 Å². The maximum Gasteiger partial charge on any atom is 0.258 e. The molecule has 2 rings (SSSR count). The van der Waals surface area contributed by atoms with Crippen LogP contribution < -0.4 is 10.0 Å². The standard InChI is InChI=1S/C13H24N4O2S/c1-3-14-8-11-9-15-16-13(11)20(18,19)17-12-7-5-4-6-10(12)2/h9-10,12,14,17H,3-8H2,1-2H3,(H,15,16). The molecule has 1 aliphatic rings. The normalized spacial score (nSPS) is 23.9. The van der Waals surface area contributed by atoms with E-state index in [1.807, 2.05) is 6.92 Å². The molecule has 0 spiro atoms. The van der Waals surface area contributed by atoms with E-state index in [2.05, 4.69) is 27.2 Å². The maximum absolute atomic E-state index is 12.5. The quantitative estimate of drug-likeness (QED) is 0.740. The average molecular weight is 300 g/mol. The molecule has 3 N–H and O–H groups in total. The molecule has 0 amide bonds. The molecule has 2 atom stereocenters. The Bertz CT molecular complexity index is 526. The molecule has 7 heteroatoms. The van der Waals surface area contributed by atoms with Gasteiger partial charge in [-0.25, -0.2) is 13.1 Å². The number of H-pyrrole nitrogens is 1. The Morgan fingerprint density at radius 1 is 1.40 bits per heavy atom. The van der Waals surface area contributed by atoms with Crippen LogP contribution >= 0.6 is 0 Å². The summed E-state index contributed by atoms with van der Waals surface area (Å²) in [6.07, 6.45) is 5.85. The van der Waals surface area contributed by atoms with E-state index in [0.29, 0.717) is 18.0 Å². The van der Waals surface area contributed by atoms with Crippen molar-refractivity contribution in [3.63, 3.8) is 0 Å². The highest BCUT2D eigenvalue weighted by Crippen LogP contribution is 2.25. The minimum Gasteiger partial charge on any atom is -0.313 e. The molecule has 0 aliphatic heterocycles. The van der Waals surface area contributed by atoms with E-state index < -0.39 is 10.0 Å². The molecule has 1 fully saturated rings. The van der Waals surface area contributed by atoms with Gasteiger partial charge < -0.3 is 5.32 Å². The van der Waals surface area contributed by atoms with Crippen LogP contribution in [0.4, 0.5) is 0 Å². The third-order valence-electron chi connectivity index (χ3n) is 3.93. The average Bonchev–Trinajstić information content (AvgIpc) is 2.88. The van der Waals surface area contributed by atoms with Crippen LogP contribution in [0.3, 0.4) is 0 Å². The van der Waals surface area contributed by atoms with Gasteiger partial charge in [-0.3, -0.25) is 5.10 Å². The molecule has 0 aromatic carbocycles. The van der Waals surface area contributed by atoms with Gasteiger partial charge in [0.25, 0.3) is 10.0 Å². The number of hydrogen-bond acceptors (Lipinski definition) is 4. The highest BCUT2D eigenvalue weighted by Gasteiger charge is 2.28. The summed E-state index contributed by atoms with van der Waals surface area (Å²) in [5.41, 5.74) is 0.683. The Morgan fingerprint density at radius 3 is 2.85 bits per heavy atom. The summed E-state index contributed by atoms with van der Waals surface area (Å²) < 4.78 is 27.8. The molecule has 1 aromatic rings. The van der Waals surface area contributed by atoms with Crippen molar-refractivity contribution in [1.29, 1.82) is 0 Å². The van der Waals surface area contributed by atoms with Crippen molar-refractivity contribution in [2.45, 2.75) is 57.1 Å². The van der Waals surface area contributed by atoms with Crippen molar-refractivity contribution in [2.75, 3.05) is 6.54 Å². The molecule has 1 saturated carbocycles. The summed E-state index contributed by atoms with van der Waals surface area (Å²) in [6, 6.07) is 0.0315. The van der Waals surface area contributed by atoms with Crippen LogP contribution in [0.25, 0.3) is 0 Å². The molecule has 1 heterocycles. The van der Waals surface area contributed by atoms with Crippen LogP contribution in [0.1, 0.15) is 45.1 Å². The second kappa shape index (κ2) is 6.69. The molecule has 1 aromatic heterocycles. The van der Waals surface area contributed by atoms with Crippen molar-refractivity contribution in [3.05, 3.63) is 11.8 Å². The molecule has 0 bridgehead atoms. The fraction of sp³-hybridized carbons (Fsp3) is 0.769. The van der Waals surface area contributed by atoms with Gasteiger partial charge in [-0.1, -0.05) is 26.7 Å². The van der Waals surface area contributed by atoms with Crippen molar-refractivity contribution >= 4 is 10.0 Å². The van der Waals surface area contributed by atoms with Crippen molar-refractivity contribution < 1.29 is 8.42 Å². The maximum atomic E-state index is 12.5. The summed E-state index contributed by atoms with van der Waals surface area (Å²) in [5.74, 6) is 0.388. The molecular formula is C13H24N4O2S. The number of rotatable bonds is 6. The van der Waals surface area contributed by atoms with Gasteiger partial charge in [-0.2, -0.15) is 5.10 Å². The zero-order chi connectivity index (χ0) is 14.6. The molecule has 6 nitrogen and oxygen atoms in total. The summed E-state index contributed by atoms with van der Waals surface area (Å²) in [5, 5.41) is 9.80.